The van der Waals surface area contributed by atoms with E-state index in [-0.39, 0.29) is 37.1 Å². The first-order valence-electron chi connectivity index (χ1n) is 23.7. The van der Waals surface area contributed by atoms with Gasteiger partial charge >= 0.3 is 0 Å². The number of thiocarbonyl (C=S) groups is 2. The Kier molecular flexibility index (Phi) is 12.0. The van der Waals surface area contributed by atoms with Gasteiger partial charge in [0.2, 0.25) is 0 Å². The van der Waals surface area contributed by atoms with Crippen molar-refractivity contribution in [3.05, 3.63) is 132 Å². The van der Waals surface area contributed by atoms with E-state index in [1.54, 1.807) is 66.9 Å². The molecule has 0 saturated carbocycles. The molecule has 14 rings (SSSR count). The van der Waals surface area contributed by atoms with Gasteiger partial charge in [-0.2, -0.15) is 0 Å². The molecule has 9 nitrogen and oxygen atoms in total. The fourth-order valence-electron chi connectivity index (χ4n) is 10.3. The molecule has 2 saturated heterocycles. The number of benzene rings is 2. The molecule has 73 heavy (non-hydrogen) atoms. The van der Waals surface area contributed by atoms with Crippen molar-refractivity contribution in [1.29, 1.82) is 0 Å². The van der Waals surface area contributed by atoms with Gasteiger partial charge in [0, 0.05) is 67.8 Å². The van der Waals surface area contributed by atoms with Gasteiger partial charge in [-0.1, -0.05) is 103 Å². The molecule has 4 aromatic heterocycles. The predicted molar refractivity (Wildman–Crippen MR) is 321 cm³/mol. The number of hydrogen-bond acceptors (Lipinski definition) is 17. The van der Waals surface area contributed by atoms with Crippen molar-refractivity contribution in [3.8, 4) is 43.2 Å². The van der Waals surface area contributed by atoms with Crippen LogP contribution in [0.25, 0.3) is 46.1 Å². The van der Waals surface area contributed by atoms with Gasteiger partial charge in [-0.15, -0.1) is 68.9 Å². The molecule has 6 aromatic rings. The Bertz CT molecular complexity index is 3590. The van der Waals surface area contributed by atoms with Crippen LogP contribution < -0.4 is 23.8 Å². The fraction of sp³-hybridized carbons (Fsp3) is 0.222. The summed E-state index contributed by atoms with van der Waals surface area (Å²) in [5, 5.41) is 0.498. The number of carbonyl (C=O) groups is 2. The summed E-state index contributed by atoms with van der Waals surface area (Å²) in [4.78, 5) is 41.9. The second-order valence-corrected chi connectivity index (χ2v) is 27.9. The first-order valence-corrected chi connectivity index (χ1v) is 31.2. The maximum atomic E-state index is 13.0. The van der Waals surface area contributed by atoms with Gasteiger partial charge in [0.15, 0.2) is 23.0 Å². The molecule has 4 unspecified atom stereocenters. The second kappa shape index (κ2) is 18.6. The van der Waals surface area contributed by atoms with E-state index in [0.29, 0.717) is 58.0 Å². The molecule has 0 N–H and O–H groups in total. The number of thiophene rings is 4. The van der Waals surface area contributed by atoms with E-state index in [4.69, 9.17) is 43.4 Å². The lowest BCUT2D eigenvalue weighted by Crippen LogP contribution is -2.28. The standard InChI is InChI=1S/C54H39N3O6S10.2H2/c1-3-55-51(58)41(70-53(55)64)22-29-20-35-37(66-29)24-39(68-35)49-45-43(60-14-16-62-45)47(72-49)26-10-12-33-31(18-26)32-19-27(11-13-34(32)57(33)28-8-6-5-7-9-28)48-44-46(63-17-15-61-44)50(73-48)40-25-38-36(69-40)21-30(67-38)23-42-52(59)56(4-2)54(65)71-42;;/h5-13,18-25,31,33,35,37H,3-4,14-17H2,1-2H3;2*1H/b41-22+,42-23+;;. The zero-order valence-corrected chi connectivity index (χ0v) is 46.9. The number of thioether (sulfide) groups is 4. The zero-order chi connectivity index (χ0) is 49.2. The second-order valence-electron chi connectivity index (χ2n) is 17.8. The van der Waals surface area contributed by atoms with Crippen LogP contribution in [0.15, 0.2) is 112 Å². The number of rotatable bonds is 9. The summed E-state index contributed by atoms with van der Waals surface area (Å²) < 4.78 is 29.5. The summed E-state index contributed by atoms with van der Waals surface area (Å²) in [7, 11) is 0. The average Bonchev–Trinajstić information content (AvgIpc) is 4.29. The number of fused-ring (bicyclic) bond motifs is 7. The minimum Gasteiger partial charge on any atom is -0.485 e. The Morgan fingerprint density at radius 2 is 1.32 bits per heavy atom. The molecule has 2 amide bonds. The molecule has 8 aliphatic rings. The Hall–Kier alpha value is -4.54. The quantitative estimate of drug-likeness (QED) is 0.102. The number of amides is 2. The summed E-state index contributed by atoms with van der Waals surface area (Å²) in [6.07, 6.45) is 15.7. The van der Waals surface area contributed by atoms with Crippen molar-refractivity contribution >= 4 is 175 Å². The maximum Gasteiger partial charge on any atom is 0.266 e. The Balaban J connectivity index is 0.00000284. The first-order chi connectivity index (χ1) is 35.7. The van der Waals surface area contributed by atoms with Crippen LogP contribution in [0.2, 0.25) is 0 Å². The van der Waals surface area contributed by atoms with E-state index in [0.717, 1.165) is 74.0 Å². The molecular weight excluding hydrogens is 1110 g/mol. The Labute approximate surface area is 467 Å². The smallest absolute Gasteiger partial charge is 0.266 e. The van der Waals surface area contributed by atoms with E-state index in [1.807, 2.05) is 37.8 Å². The molecule has 0 spiro atoms. The van der Waals surface area contributed by atoms with Crippen LogP contribution >= 0.6 is 117 Å². The third-order valence-electron chi connectivity index (χ3n) is 13.6. The van der Waals surface area contributed by atoms with Crippen LogP contribution in [0.5, 0.6) is 23.0 Å². The SMILES string of the molecule is CCN1C(=O)/C(=C\C2=CC3SC(c4sc(C5=CC6c7cc(-c8sc(-c9cc%10sc(/C=C%11/SC(=S)N(CC)C%11=O)cc%10s9)c9c8OCCO9)ccc7N(c7ccccc7)C6C=C5)c5c4OCCO5)=CC3S2)SC1=S.[HH].[HH]. The van der Waals surface area contributed by atoms with Crippen LogP contribution in [-0.4, -0.2) is 86.3 Å². The normalized spacial score (nSPS) is 23.9. The molecule has 7 aliphatic heterocycles. The fourth-order valence-corrected chi connectivity index (χ4v) is 21.0. The zero-order valence-electron chi connectivity index (χ0n) is 38.7. The number of ether oxygens (including phenoxy) is 4. The number of nitrogens with zero attached hydrogens (tertiary/aromatic N) is 3. The average molecular weight is 1150 g/mol. The van der Waals surface area contributed by atoms with Gasteiger partial charge in [-0.05, 0) is 79.1 Å². The summed E-state index contributed by atoms with van der Waals surface area (Å²) in [5.74, 6) is 3.26. The lowest BCUT2D eigenvalue weighted by Gasteiger charge is -2.29. The molecule has 0 bridgehead atoms. The van der Waals surface area contributed by atoms with Gasteiger partial charge in [0.25, 0.3) is 11.8 Å². The van der Waals surface area contributed by atoms with E-state index >= 15 is 0 Å². The van der Waals surface area contributed by atoms with Gasteiger partial charge in [0.1, 0.15) is 35.1 Å². The van der Waals surface area contributed by atoms with Crippen molar-refractivity contribution in [3.63, 3.8) is 0 Å². The lowest BCUT2D eigenvalue weighted by atomic mass is 9.87. The van der Waals surface area contributed by atoms with Crippen LogP contribution in [0.4, 0.5) is 11.4 Å². The van der Waals surface area contributed by atoms with Gasteiger partial charge in [-0.25, -0.2) is 0 Å². The molecule has 11 heterocycles. The number of para-hydroxylation sites is 1. The third kappa shape index (κ3) is 7.89. The summed E-state index contributed by atoms with van der Waals surface area (Å²) >= 11 is 24.3. The van der Waals surface area contributed by atoms with Gasteiger partial charge in [-0.3, -0.25) is 19.4 Å². The highest BCUT2D eigenvalue weighted by atomic mass is 32.2. The first kappa shape index (κ1) is 47.0. The Morgan fingerprint density at radius 3 is 2.00 bits per heavy atom. The number of likely N-dealkylation sites (N-methyl/N-ethyl adjacent to an activating group) is 2. The largest absolute Gasteiger partial charge is 0.485 e. The molecule has 19 heteroatoms. The highest BCUT2D eigenvalue weighted by Gasteiger charge is 2.42. The highest BCUT2D eigenvalue weighted by molar-refractivity contribution is 8.27. The van der Waals surface area contributed by atoms with Crippen LogP contribution in [0.3, 0.4) is 0 Å². The minimum absolute atomic E-state index is 0. The van der Waals surface area contributed by atoms with Crippen LogP contribution in [0.1, 0.15) is 42.8 Å². The van der Waals surface area contributed by atoms with Crippen molar-refractivity contribution in [1.82, 2.24) is 9.80 Å². The summed E-state index contributed by atoms with van der Waals surface area (Å²) in [5.41, 5.74) is 5.78. The van der Waals surface area contributed by atoms with Crippen molar-refractivity contribution < 1.29 is 31.4 Å². The Morgan fingerprint density at radius 1 is 0.671 bits per heavy atom. The molecular formula is C54H43N3O6S10. The highest BCUT2D eigenvalue weighted by Crippen LogP contribution is 2.61. The van der Waals surface area contributed by atoms with Gasteiger partial charge < -0.3 is 23.8 Å². The lowest BCUT2D eigenvalue weighted by molar-refractivity contribution is -0.122. The minimum atomic E-state index is -0.0218. The predicted octanol–water partition coefficient (Wildman–Crippen LogP) is 15.2. The van der Waals surface area contributed by atoms with Crippen molar-refractivity contribution in [2.45, 2.75) is 36.3 Å². The molecule has 370 valence electrons. The topological polar surface area (TPSA) is 80.8 Å². The third-order valence-corrected chi connectivity index (χ3v) is 24.0. The number of anilines is 2. The molecule has 0 radical (unpaired) electrons. The summed E-state index contributed by atoms with van der Waals surface area (Å²) in [6.45, 7) is 7.02. The monoisotopic (exact) mass is 1150 g/mol. The maximum absolute atomic E-state index is 13.0. The number of hydrogen-bond donors (Lipinski definition) is 0. The van der Waals surface area contributed by atoms with Crippen LogP contribution in [0, 0.1) is 0 Å². The van der Waals surface area contributed by atoms with Gasteiger partial charge in [0.05, 0.1) is 40.2 Å². The van der Waals surface area contributed by atoms with E-state index in [1.165, 1.54) is 49.1 Å². The molecule has 2 fully saturated rings. The molecule has 2 aromatic carbocycles. The van der Waals surface area contributed by atoms with Crippen molar-refractivity contribution in [2.75, 3.05) is 44.4 Å². The van der Waals surface area contributed by atoms with E-state index in [9.17, 15) is 9.59 Å². The van der Waals surface area contributed by atoms with E-state index in [2.05, 4.69) is 95.9 Å². The van der Waals surface area contributed by atoms with E-state index < -0.39 is 0 Å². The van der Waals surface area contributed by atoms with Crippen LogP contribution in [-0.2, 0) is 9.59 Å². The number of carbonyl (C=O) groups excluding carboxylic acids is 2. The summed E-state index contributed by atoms with van der Waals surface area (Å²) in [6, 6.07) is 22.0. The molecule has 4 atom stereocenters. The number of allylic oxidation sites excluding steroid dienone is 3. The molecule has 1 aliphatic carbocycles. The van der Waals surface area contributed by atoms with Crippen molar-refractivity contribution in [2.24, 2.45) is 0 Å².